The van der Waals surface area contributed by atoms with Gasteiger partial charge < -0.3 is 10.1 Å². The molecule has 1 atom stereocenters. The van der Waals surface area contributed by atoms with Crippen LogP contribution in [-0.2, 0) is 10.9 Å². The maximum Gasteiger partial charge on any atom is 0.417 e. The Morgan fingerprint density at radius 2 is 2.06 bits per heavy atom. The molecule has 6 heteroatoms. The lowest BCUT2D eigenvalue weighted by molar-refractivity contribution is -0.137. The molecule has 0 aliphatic heterocycles. The molecule has 1 aromatic carbocycles. The largest absolute Gasteiger partial charge is 0.417 e. The Labute approximate surface area is 103 Å². The number of hydrogen-bond donors (Lipinski definition) is 1. The van der Waals surface area contributed by atoms with Gasteiger partial charge in [-0.25, -0.2) is 0 Å². The highest BCUT2D eigenvalue weighted by atomic mass is 35.5. The summed E-state index contributed by atoms with van der Waals surface area (Å²) in [5, 5.41) is 2.55. The summed E-state index contributed by atoms with van der Waals surface area (Å²) in [5.74, 6) is 0. The quantitative estimate of drug-likeness (QED) is 0.896. The highest BCUT2D eigenvalue weighted by Crippen LogP contribution is 2.36. The van der Waals surface area contributed by atoms with Crippen LogP contribution >= 0.6 is 11.6 Å². The van der Waals surface area contributed by atoms with Crippen molar-refractivity contribution in [3.05, 3.63) is 28.8 Å². The van der Waals surface area contributed by atoms with Gasteiger partial charge in [0, 0.05) is 19.3 Å². The van der Waals surface area contributed by atoms with E-state index in [1.165, 1.54) is 19.2 Å². The van der Waals surface area contributed by atoms with Gasteiger partial charge in [-0.15, -0.1) is 0 Å². The van der Waals surface area contributed by atoms with Gasteiger partial charge in [0.2, 0.25) is 0 Å². The van der Waals surface area contributed by atoms with Gasteiger partial charge in [0.1, 0.15) is 0 Å². The number of ether oxygens (including phenoxy) is 1. The van der Waals surface area contributed by atoms with E-state index in [9.17, 15) is 13.2 Å². The van der Waals surface area contributed by atoms with Gasteiger partial charge in [0.25, 0.3) is 0 Å². The van der Waals surface area contributed by atoms with Crippen molar-refractivity contribution in [3.8, 4) is 0 Å². The first-order valence-electron chi connectivity index (χ1n) is 4.98. The van der Waals surface area contributed by atoms with Crippen molar-refractivity contribution in [3.63, 3.8) is 0 Å². The lowest BCUT2D eigenvalue weighted by Crippen LogP contribution is -2.18. The highest BCUT2D eigenvalue weighted by Gasteiger charge is 2.33. The summed E-state index contributed by atoms with van der Waals surface area (Å²) in [6.45, 7) is 2.24. The Bertz CT molecular complexity index is 381. The fourth-order valence-electron chi connectivity index (χ4n) is 1.20. The van der Waals surface area contributed by atoms with E-state index in [1.807, 2.05) is 6.92 Å². The zero-order chi connectivity index (χ0) is 13.1. The highest BCUT2D eigenvalue weighted by molar-refractivity contribution is 6.31. The van der Waals surface area contributed by atoms with Crippen LogP contribution in [0.25, 0.3) is 0 Å². The second-order valence-corrected chi connectivity index (χ2v) is 4.03. The summed E-state index contributed by atoms with van der Waals surface area (Å²) in [7, 11) is 1.54. The third kappa shape index (κ3) is 4.09. The first-order valence-corrected chi connectivity index (χ1v) is 5.36. The Hall–Kier alpha value is -0.940. The molecule has 96 valence electrons. The summed E-state index contributed by atoms with van der Waals surface area (Å²) >= 11 is 5.50. The molecular formula is C11H13ClF3NO. The number of halogens is 4. The van der Waals surface area contributed by atoms with Gasteiger partial charge in [0.05, 0.1) is 16.7 Å². The number of nitrogens with one attached hydrogen (secondary N) is 1. The second kappa shape index (κ2) is 5.60. The minimum Gasteiger partial charge on any atom is -0.382 e. The topological polar surface area (TPSA) is 21.3 Å². The molecule has 0 heterocycles. The summed E-state index contributed by atoms with van der Waals surface area (Å²) in [6.07, 6.45) is -4.53. The standard InChI is InChI=1S/C11H13ClF3NO/c1-7(17-2)6-16-8-3-4-10(12)9(5-8)11(13,14)15/h3-5,7,16H,6H2,1-2H3. The molecular weight excluding hydrogens is 255 g/mol. The summed E-state index contributed by atoms with van der Waals surface area (Å²) in [6, 6.07) is 3.72. The number of benzene rings is 1. The fourth-order valence-corrected chi connectivity index (χ4v) is 1.42. The van der Waals surface area contributed by atoms with E-state index in [4.69, 9.17) is 16.3 Å². The Morgan fingerprint density at radius 1 is 1.41 bits per heavy atom. The predicted octanol–water partition coefficient (Wildman–Crippen LogP) is 3.81. The van der Waals surface area contributed by atoms with Crippen LogP contribution in [0.4, 0.5) is 18.9 Å². The van der Waals surface area contributed by atoms with Crippen molar-refractivity contribution in [1.29, 1.82) is 0 Å². The van der Waals surface area contributed by atoms with Crippen molar-refractivity contribution in [1.82, 2.24) is 0 Å². The van der Waals surface area contributed by atoms with Crippen molar-refractivity contribution in [2.75, 3.05) is 19.0 Å². The molecule has 0 aliphatic rings. The van der Waals surface area contributed by atoms with Crippen LogP contribution in [-0.4, -0.2) is 19.8 Å². The molecule has 0 fully saturated rings. The van der Waals surface area contributed by atoms with Gasteiger partial charge in [-0.1, -0.05) is 11.6 Å². The van der Waals surface area contributed by atoms with Crippen molar-refractivity contribution in [2.24, 2.45) is 0 Å². The average molecular weight is 268 g/mol. The minimum atomic E-state index is -4.44. The van der Waals surface area contributed by atoms with Crippen LogP contribution in [0.2, 0.25) is 5.02 Å². The van der Waals surface area contributed by atoms with Crippen molar-refractivity contribution in [2.45, 2.75) is 19.2 Å². The maximum atomic E-state index is 12.6. The molecule has 0 aliphatic carbocycles. The monoisotopic (exact) mass is 267 g/mol. The van der Waals surface area contributed by atoms with E-state index < -0.39 is 11.7 Å². The third-order valence-electron chi connectivity index (χ3n) is 2.27. The van der Waals surface area contributed by atoms with Gasteiger partial charge in [-0.05, 0) is 25.1 Å². The predicted molar refractivity (Wildman–Crippen MR) is 61.4 cm³/mol. The van der Waals surface area contributed by atoms with Crippen LogP contribution in [0.3, 0.4) is 0 Å². The van der Waals surface area contributed by atoms with E-state index in [-0.39, 0.29) is 11.1 Å². The lowest BCUT2D eigenvalue weighted by atomic mass is 10.2. The molecule has 0 radical (unpaired) electrons. The molecule has 0 saturated carbocycles. The Morgan fingerprint density at radius 3 is 2.59 bits per heavy atom. The molecule has 1 aromatic rings. The number of alkyl halides is 3. The fraction of sp³-hybridized carbons (Fsp3) is 0.455. The second-order valence-electron chi connectivity index (χ2n) is 3.62. The summed E-state index contributed by atoms with van der Waals surface area (Å²) in [5.41, 5.74) is -0.472. The smallest absolute Gasteiger partial charge is 0.382 e. The number of hydrogen-bond acceptors (Lipinski definition) is 2. The van der Waals surface area contributed by atoms with Crippen LogP contribution in [0.5, 0.6) is 0 Å². The lowest BCUT2D eigenvalue weighted by Gasteiger charge is -2.14. The molecule has 0 bridgehead atoms. The van der Waals surface area contributed by atoms with Gasteiger partial charge in [-0.2, -0.15) is 13.2 Å². The third-order valence-corrected chi connectivity index (χ3v) is 2.60. The van der Waals surface area contributed by atoms with Crippen LogP contribution < -0.4 is 5.32 Å². The normalized spacial score (nSPS) is 13.5. The maximum absolute atomic E-state index is 12.6. The molecule has 1 rings (SSSR count). The van der Waals surface area contributed by atoms with E-state index in [0.717, 1.165) is 6.07 Å². The zero-order valence-corrected chi connectivity index (χ0v) is 10.2. The van der Waals surface area contributed by atoms with E-state index >= 15 is 0 Å². The van der Waals surface area contributed by atoms with Crippen LogP contribution in [0.15, 0.2) is 18.2 Å². The summed E-state index contributed by atoms with van der Waals surface area (Å²) in [4.78, 5) is 0. The Balaban J connectivity index is 2.82. The van der Waals surface area contributed by atoms with Crippen LogP contribution in [0, 0.1) is 0 Å². The van der Waals surface area contributed by atoms with E-state index in [1.54, 1.807) is 0 Å². The van der Waals surface area contributed by atoms with Crippen molar-refractivity contribution >= 4 is 17.3 Å². The minimum absolute atomic E-state index is 0.0833. The van der Waals surface area contributed by atoms with Crippen molar-refractivity contribution < 1.29 is 17.9 Å². The van der Waals surface area contributed by atoms with E-state index in [2.05, 4.69) is 5.32 Å². The Kier molecular flexibility index (Phi) is 4.65. The molecule has 0 saturated heterocycles. The molecule has 0 amide bonds. The SMILES string of the molecule is COC(C)CNc1ccc(Cl)c(C(F)(F)F)c1. The van der Waals surface area contributed by atoms with Crippen LogP contribution in [0.1, 0.15) is 12.5 Å². The zero-order valence-electron chi connectivity index (χ0n) is 9.44. The number of anilines is 1. The first kappa shape index (κ1) is 14.1. The van der Waals surface area contributed by atoms with E-state index in [0.29, 0.717) is 12.2 Å². The molecule has 1 N–H and O–H groups in total. The molecule has 17 heavy (non-hydrogen) atoms. The molecule has 0 spiro atoms. The number of methoxy groups -OCH3 is 1. The summed E-state index contributed by atoms with van der Waals surface area (Å²) < 4.78 is 42.7. The molecule has 2 nitrogen and oxygen atoms in total. The first-order chi connectivity index (χ1) is 7.84. The van der Waals surface area contributed by atoms with Gasteiger partial charge in [-0.3, -0.25) is 0 Å². The average Bonchev–Trinajstić information content (AvgIpc) is 2.26. The number of rotatable bonds is 4. The van der Waals surface area contributed by atoms with Gasteiger partial charge in [0.15, 0.2) is 0 Å². The van der Waals surface area contributed by atoms with Gasteiger partial charge >= 0.3 is 6.18 Å². The molecule has 0 aromatic heterocycles. The molecule has 1 unspecified atom stereocenters.